The van der Waals surface area contributed by atoms with Crippen LogP contribution in [0.3, 0.4) is 0 Å². The lowest BCUT2D eigenvalue weighted by atomic mass is 9.70. The SMILES string of the molecule is COc1ccc([C@@H]2C[C@@H](O)[C@@]3(O)c4c(C)cc(C)cc4O[C@@]23c2ccccc2)cc1. The second-order valence-corrected chi connectivity index (χ2v) is 8.50. The Morgan fingerprint density at radius 2 is 1.70 bits per heavy atom. The van der Waals surface area contributed by atoms with Crippen LogP contribution in [0, 0.1) is 13.8 Å². The Hall–Kier alpha value is -2.82. The molecule has 2 N–H and O–H groups in total. The first kappa shape index (κ1) is 19.2. The van der Waals surface area contributed by atoms with Crippen molar-refractivity contribution >= 4 is 0 Å². The largest absolute Gasteiger partial charge is 0.497 e. The van der Waals surface area contributed by atoms with E-state index in [9.17, 15) is 10.2 Å². The topological polar surface area (TPSA) is 58.9 Å². The van der Waals surface area contributed by atoms with Gasteiger partial charge < -0.3 is 19.7 Å². The van der Waals surface area contributed by atoms with Gasteiger partial charge in [-0.15, -0.1) is 0 Å². The van der Waals surface area contributed by atoms with Crippen molar-refractivity contribution in [1.82, 2.24) is 0 Å². The highest BCUT2D eigenvalue weighted by molar-refractivity contribution is 5.58. The molecule has 0 bridgehead atoms. The van der Waals surface area contributed by atoms with E-state index in [0.29, 0.717) is 17.7 Å². The normalized spacial score (nSPS) is 29.2. The fourth-order valence-corrected chi connectivity index (χ4v) is 5.62. The zero-order valence-corrected chi connectivity index (χ0v) is 17.4. The average Bonchev–Trinajstić information content (AvgIpc) is 3.14. The first-order valence-corrected chi connectivity index (χ1v) is 10.3. The summed E-state index contributed by atoms with van der Waals surface area (Å²) in [6.45, 7) is 3.99. The number of hydrogen-bond acceptors (Lipinski definition) is 4. The molecule has 1 fully saturated rings. The number of methoxy groups -OCH3 is 1. The van der Waals surface area contributed by atoms with E-state index in [1.54, 1.807) is 7.11 Å². The molecule has 1 aliphatic heterocycles. The van der Waals surface area contributed by atoms with Gasteiger partial charge in [0, 0.05) is 11.5 Å². The number of benzene rings is 3. The van der Waals surface area contributed by atoms with E-state index in [1.165, 1.54) is 0 Å². The number of hydrogen-bond donors (Lipinski definition) is 2. The second kappa shape index (κ2) is 6.59. The molecule has 3 aromatic carbocycles. The molecule has 0 radical (unpaired) electrons. The third-order valence-corrected chi connectivity index (χ3v) is 6.81. The van der Waals surface area contributed by atoms with Gasteiger partial charge in [0.1, 0.15) is 11.5 Å². The zero-order valence-electron chi connectivity index (χ0n) is 17.4. The Kier molecular flexibility index (Phi) is 4.21. The van der Waals surface area contributed by atoms with Crippen molar-refractivity contribution < 1.29 is 19.7 Å². The quantitative estimate of drug-likeness (QED) is 0.684. The number of rotatable bonds is 3. The number of fused-ring (bicyclic) bond motifs is 3. The Morgan fingerprint density at radius 3 is 2.37 bits per heavy atom. The van der Waals surface area contributed by atoms with Gasteiger partial charge in [0.25, 0.3) is 0 Å². The van der Waals surface area contributed by atoms with Gasteiger partial charge in [-0.1, -0.05) is 48.5 Å². The molecule has 5 rings (SSSR count). The molecular weight excluding hydrogens is 376 g/mol. The predicted octanol–water partition coefficient (Wildman–Crippen LogP) is 4.34. The molecule has 30 heavy (non-hydrogen) atoms. The first-order chi connectivity index (χ1) is 14.4. The smallest absolute Gasteiger partial charge is 0.176 e. The van der Waals surface area contributed by atoms with E-state index in [4.69, 9.17) is 9.47 Å². The third-order valence-electron chi connectivity index (χ3n) is 6.81. The molecule has 1 aliphatic carbocycles. The van der Waals surface area contributed by atoms with Gasteiger partial charge in [-0.2, -0.15) is 0 Å². The summed E-state index contributed by atoms with van der Waals surface area (Å²) in [5.41, 5.74) is 1.87. The number of ether oxygens (including phenoxy) is 2. The Bertz CT molecular complexity index is 1090. The molecule has 4 heteroatoms. The van der Waals surface area contributed by atoms with Gasteiger partial charge in [-0.25, -0.2) is 0 Å². The van der Waals surface area contributed by atoms with Crippen LogP contribution in [-0.2, 0) is 11.2 Å². The van der Waals surface area contributed by atoms with Crippen molar-refractivity contribution in [2.75, 3.05) is 7.11 Å². The van der Waals surface area contributed by atoms with Crippen LogP contribution in [0.2, 0.25) is 0 Å². The summed E-state index contributed by atoms with van der Waals surface area (Å²) in [4.78, 5) is 0. The molecular formula is C26H26O4. The van der Waals surface area contributed by atoms with Crippen molar-refractivity contribution in [3.8, 4) is 11.5 Å². The van der Waals surface area contributed by atoms with Gasteiger partial charge in [0.15, 0.2) is 11.2 Å². The van der Waals surface area contributed by atoms with E-state index >= 15 is 0 Å². The summed E-state index contributed by atoms with van der Waals surface area (Å²) < 4.78 is 12.0. The summed E-state index contributed by atoms with van der Waals surface area (Å²) >= 11 is 0. The minimum absolute atomic E-state index is 0.238. The highest BCUT2D eigenvalue weighted by atomic mass is 16.5. The molecule has 0 amide bonds. The van der Waals surface area contributed by atoms with Crippen molar-refractivity contribution in [3.05, 3.63) is 94.5 Å². The van der Waals surface area contributed by atoms with Crippen molar-refractivity contribution in [2.45, 2.75) is 43.5 Å². The van der Waals surface area contributed by atoms with Crippen LogP contribution < -0.4 is 9.47 Å². The highest BCUT2D eigenvalue weighted by Gasteiger charge is 2.72. The van der Waals surface area contributed by atoms with E-state index in [0.717, 1.165) is 28.0 Å². The van der Waals surface area contributed by atoms with Gasteiger partial charge in [0.2, 0.25) is 0 Å². The molecule has 0 saturated heterocycles. The highest BCUT2D eigenvalue weighted by Crippen LogP contribution is 2.67. The molecule has 3 aromatic rings. The lowest BCUT2D eigenvalue weighted by molar-refractivity contribution is -0.149. The minimum atomic E-state index is -1.55. The predicted molar refractivity (Wildman–Crippen MR) is 115 cm³/mol. The lowest BCUT2D eigenvalue weighted by Crippen LogP contribution is -2.52. The van der Waals surface area contributed by atoms with Crippen LogP contribution in [0.5, 0.6) is 11.5 Å². The standard InChI is InChI=1S/C26H26O4/c1-16-13-17(2)24-22(14-16)30-26(19-7-5-4-6-8-19)21(15-23(27)25(24,26)28)18-9-11-20(29-3)12-10-18/h4-14,21,23,27-28H,15H2,1-3H3/t21-,23+,25+,26-/m0/s1. The van der Waals surface area contributed by atoms with Crippen LogP contribution in [0.1, 0.15) is 40.2 Å². The Balaban J connectivity index is 1.78. The number of aliphatic hydroxyl groups is 2. The van der Waals surface area contributed by atoms with E-state index in [1.807, 2.05) is 80.6 Å². The summed E-state index contributed by atoms with van der Waals surface area (Å²) in [5.74, 6) is 1.18. The summed E-state index contributed by atoms with van der Waals surface area (Å²) in [6, 6.07) is 21.6. The van der Waals surface area contributed by atoms with Gasteiger partial charge in [0.05, 0.1) is 13.2 Å². The molecule has 1 heterocycles. The maximum absolute atomic E-state index is 12.3. The molecule has 0 unspecified atom stereocenters. The maximum Gasteiger partial charge on any atom is 0.176 e. The van der Waals surface area contributed by atoms with E-state index < -0.39 is 17.3 Å². The van der Waals surface area contributed by atoms with Crippen LogP contribution in [0.4, 0.5) is 0 Å². The molecule has 154 valence electrons. The maximum atomic E-state index is 12.3. The monoisotopic (exact) mass is 402 g/mol. The average molecular weight is 402 g/mol. The van der Waals surface area contributed by atoms with Crippen LogP contribution in [-0.4, -0.2) is 23.4 Å². The van der Waals surface area contributed by atoms with Crippen LogP contribution in [0.15, 0.2) is 66.7 Å². The fourth-order valence-electron chi connectivity index (χ4n) is 5.62. The number of aryl methyl sites for hydroxylation is 2. The van der Waals surface area contributed by atoms with Gasteiger partial charge >= 0.3 is 0 Å². The van der Waals surface area contributed by atoms with Crippen molar-refractivity contribution in [2.24, 2.45) is 0 Å². The van der Waals surface area contributed by atoms with E-state index in [-0.39, 0.29) is 5.92 Å². The molecule has 2 aliphatic rings. The second-order valence-electron chi connectivity index (χ2n) is 8.50. The van der Waals surface area contributed by atoms with Crippen LogP contribution in [0.25, 0.3) is 0 Å². The van der Waals surface area contributed by atoms with Gasteiger partial charge in [-0.3, -0.25) is 0 Å². The molecule has 4 atom stereocenters. The third kappa shape index (κ3) is 2.35. The molecule has 0 spiro atoms. The molecule has 0 aromatic heterocycles. The molecule has 4 nitrogen and oxygen atoms in total. The number of aliphatic hydroxyl groups excluding tert-OH is 1. The summed E-state index contributed by atoms with van der Waals surface area (Å²) in [7, 11) is 1.64. The lowest BCUT2D eigenvalue weighted by Gasteiger charge is -2.41. The van der Waals surface area contributed by atoms with Crippen molar-refractivity contribution in [1.29, 1.82) is 0 Å². The van der Waals surface area contributed by atoms with Crippen LogP contribution >= 0.6 is 0 Å². The summed E-state index contributed by atoms with van der Waals surface area (Å²) in [5, 5.41) is 23.6. The first-order valence-electron chi connectivity index (χ1n) is 10.3. The fraction of sp³-hybridized carbons (Fsp3) is 0.308. The Labute approximate surface area is 176 Å². The Morgan fingerprint density at radius 1 is 1.00 bits per heavy atom. The van der Waals surface area contributed by atoms with E-state index in [2.05, 4.69) is 0 Å². The van der Waals surface area contributed by atoms with Gasteiger partial charge in [-0.05, 0) is 60.7 Å². The summed E-state index contributed by atoms with van der Waals surface area (Å²) in [6.07, 6.45) is -0.572. The van der Waals surface area contributed by atoms with Crippen molar-refractivity contribution in [3.63, 3.8) is 0 Å². The molecule has 1 saturated carbocycles. The zero-order chi connectivity index (χ0) is 21.1. The minimum Gasteiger partial charge on any atom is -0.497 e.